The van der Waals surface area contributed by atoms with Crippen LogP contribution in [0.1, 0.15) is 30.5 Å². The van der Waals surface area contributed by atoms with Gasteiger partial charge in [-0.3, -0.25) is 0 Å². The van der Waals surface area contributed by atoms with Crippen LogP contribution < -0.4 is 4.90 Å². The van der Waals surface area contributed by atoms with Gasteiger partial charge in [0.25, 0.3) is 0 Å². The van der Waals surface area contributed by atoms with Crippen molar-refractivity contribution in [2.45, 2.75) is 26.7 Å². The molecule has 0 bridgehead atoms. The highest BCUT2D eigenvalue weighted by Gasteiger charge is 2.20. The topological polar surface area (TPSA) is 3.24 Å². The molecule has 0 aliphatic heterocycles. The van der Waals surface area contributed by atoms with E-state index in [2.05, 4.69) is 140 Å². The van der Waals surface area contributed by atoms with Crippen LogP contribution in [0, 0.1) is 5.92 Å². The average Bonchev–Trinajstić information content (AvgIpc) is 3.27. The molecule has 0 radical (unpaired) electrons. The lowest BCUT2D eigenvalue weighted by Gasteiger charge is -2.25. The Labute approximate surface area is 214 Å². The van der Waals surface area contributed by atoms with E-state index in [1.807, 2.05) is 0 Å². The molecule has 0 spiro atoms. The summed E-state index contributed by atoms with van der Waals surface area (Å²) < 4.78 is 0. The number of benzene rings is 5. The summed E-state index contributed by atoms with van der Waals surface area (Å²) in [6, 6.07) is 44.2. The van der Waals surface area contributed by atoms with Crippen molar-refractivity contribution in [2.75, 3.05) is 4.90 Å². The Morgan fingerprint density at radius 3 is 1.69 bits per heavy atom. The first-order valence-corrected chi connectivity index (χ1v) is 12.9. The van der Waals surface area contributed by atoms with E-state index < -0.39 is 0 Å². The van der Waals surface area contributed by atoms with E-state index in [1.165, 1.54) is 38.9 Å². The first-order valence-electron chi connectivity index (χ1n) is 12.9. The second kappa shape index (κ2) is 9.51. The molecule has 1 nitrogen and oxygen atoms in total. The number of rotatable bonds is 6. The zero-order valence-corrected chi connectivity index (χ0v) is 21.0. The summed E-state index contributed by atoms with van der Waals surface area (Å²) >= 11 is 0. The Bertz CT molecular complexity index is 1440. The van der Waals surface area contributed by atoms with Gasteiger partial charge in [-0.25, -0.2) is 0 Å². The maximum Gasteiger partial charge on any atom is 0.0462 e. The van der Waals surface area contributed by atoms with Crippen LogP contribution in [0.4, 0.5) is 17.1 Å². The molecule has 5 aromatic rings. The molecule has 6 rings (SSSR count). The van der Waals surface area contributed by atoms with Crippen LogP contribution in [0.5, 0.6) is 0 Å². The molecule has 0 unspecified atom stereocenters. The molecular weight excluding hydrogens is 434 g/mol. The molecule has 176 valence electrons. The number of para-hydroxylation sites is 2. The van der Waals surface area contributed by atoms with Gasteiger partial charge in [-0.05, 0) is 100 Å². The molecule has 0 atom stereocenters. The third-order valence-electron chi connectivity index (χ3n) is 7.09. The van der Waals surface area contributed by atoms with E-state index in [-0.39, 0.29) is 0 Å². The van der Waals surface area contributed by atoms with Crippen LogP contribution in [0.15, 0.2) is 121 Å². The molecule has 36 heavy (non-hydrogen) atoms. The lowest BCUT2D eigenvalue weighted by Crippen LogP contribution is -2.09. The standard InChI is InChI=1S/C35H31N/c1-25(2)21-26-13-14-29-23-30-16-15-28(24-35(30)34(29)22-26)27-17-19-33(20-18-27)36(31-9-5-3-6-10-31)32-11-7-4-8-12-32/h3-20,22,24-25H,21,23H2,1-2H3. The van der Waals surface area contributed by atoms with Crippen LogP contribution in [0.3, 0.4) is 0 Å². The normalized spacial score (nSPS) is 11.9. The summed E-state index contributed by atoms with van der Waals surface area (Å²) in [7, 11) is 0. The fourth-order valence-electron chi connectivity index (χ4n) is 5.40. The highest BCUT2D eigenvalue weighted by Crippen LogP contribution is 2.40. The van der Waals surface area contributed by atoms with E-state index in [4.69, 9.17) is 0 Å². The fourth-order valence-corrected chi connectivity index (χ4v) is 5.40. The minimum absolute atomic E-state index is 0.667. The quantitative estimate of drug-likeness (QED) is 0.237. The van der Waals surface area contributed by atoms with Gasteiger partial charge in [-0.1, -0.05) is 92.7 Å². The molecule has 0 saturated heterocycles. The van der Waals surface area contributed by atoms with Gasteiger partial charge >= 0.3 is 0 Å². The SMILES string of the molecule is CC(C)Cc1ccc2c(c1)-c1cc(-c3ccc(N(c4ccccc4)c4ccccc4)cc3)ccc1C2. The van der Waals surface area contributed by atoms with Crippen molar-refractivity contribution in [1.29, 1.82) is 0 Å². The van der Waals surface area contributed by atoms with Gasteiger partial charge in [-0.2, -0.15) is 0 Å². The van der Waals surface area contributed by atoms with Crippen LogP contribution in [-0.2, 0) is 12.8 Å². The van der Waals surface area contributed by atoms with E-state index in [0.717, 1.165) is 29.9 Å². The zero-order chi connectivity index (χ0) is 24.5. The number of nitrogens with zero attached hydrogens (tertiary/aromatic N) is 1. The van der Waals surface area contributed by atoms with Crippen molar-refractivity contribution >= 4 is 17.1 Å². The molecule has 1 aliphatic carbocycles. The van der Waals surface area contributed by atoms with Crippen molar-refractivity contribution < 1.29 is 0 Å². The summed E-state index contributed by atoms with van der Waals surface area (Å²) in [5.41, 5.74) is 13.1. The molecule has 1 heteroatoms. The summed E-state index contributed by atoms with van der Waals surface area (Å²) in [5, 5.41) is 0. The Hall–Kier alpha value is -4.10. The van der Waals surface area contributed by atoms with Crippen molar-refractivity contribution in [3.05, 3.63) is 138 Å². The second-order valence-electron chi connectivity index (χ2n) is 10.2. The molecule has 0 fully saturated rings. The number of hydrogen-bond acceptors (Lipinski definition) is 1. The predicted molar refractivity (Wildman–Crippen MR) is 153 cm³/mol. The van der Waals surface area contributed by atoms with Gasteiger partial charge in [0.05, 0.1) is 0 Å². The van der Waals surface area contributed by atoms with Crippen molar-refractivity contribution in [1.82, 2.24) is 0 Å². The largest absolute Gasteiger partial charge is 0.311 e. The minimum Gasteiger partial charge on any atom is -0.311 e. The first kappa shape index (κ1) is 22.4. The maximum absolute atomic E-state index is 2.42. The molecule has 0 heterocycles. The zero-order valence-electron chi connectivity index (χ0n) is 21.0. The molecule has 0 amide bonds. The van der Waals surface area contributed by atoms with Gasteiger partial charge in [0.15, 0.2) is 0 Å². The maximum atomic E-state index is 2.42. The minimum atomic E-state index is 0.667. The van der Waals surface area contributed by atoms with Gasteiger partial charge in [0, 0.05) is 17.1 Å². The van der Waals surface area contributed by atoms with Crippen LogP contribution >= 0.6 is 0 Å². The third-order valence-corrected chi connectivity index (χ3v) is 7.09. The Kier molecular flexibility index (Phi) is 5.91. The van der Waals surface area contributed by atoms with Gasteiger partial charge in [-0.15, -0.1) is 0 Å². The van der Waals surface area contributed by atoms with Crippen LogP contribution in [-0.4, -0.2) is 0 Å². The van der Waals surface area contributed by atoms with E-state index in [9.17, 15) is 0 Å². The number of fused-ring (bicyclic) bond motifs is 3. The smallest absolute Gasteiger partial charge is 0.0462 e. The van der Waals surface area contributed by atoms with Crippen LogP contribution in [0.2, 0.25) is 0 Å². The highest BCUT2D eigenvalue weighted by atomic mass is 15.1. The average molecular weight is 466 g/mol. The van der Waals surface area contributed by atoms with E-state index in [1.54, 1.807) is 0 Å². The van der Waals surface area contributed by atoms with Crippen LogP contribution in [0.25, 0.3) is 22.3 Å². The molecular formula is C35H31N. The number of hydrogen-bond donors (Lipinski definition) is 0. The summed E-state index contributed by atoms with van der Waals surface area (Å²) in [4.78, 5) is 2.30. The first-order chi connectivity index (χ1) is 17.7. The number of anilines is 3. The van der Waals surface area contributed by atoms with Gasteiger partial charge in [0.2, 0.25) is 0 Å². The third kappa shape index (κ3) is 4.33. The van der Waals surface area contributed by atoms with E-state index in [0.29, 0.717) is 5.92 Å². The predicted octanol–water partition coefficient (Wildman–Crippen LogP) is 9.59. The molecule has 0 saturated carbocycles. The van der Waals surface area contributed by atoms with Crippen molar-refractivity contribution in [2.24, 2.45) is 5.92 Å². The summed E-state index contributed by atoms with van der Waals surface area (Å²) in [5.74, 6) is 0.667. The Morgan fingerprint density at radius 1 is 0.556 bits per heavy atom. The lowest BCUT2D eigenvalue weighted by atomic mass is 9.95. The highest BCUT2D eigenvalue weighted by molar-refractivity contribution is 5.83. The fraction of sp³-hybridized carbons (Fsp3) is 0.143. The van der Waals surface area contributed by atoms with Crippen molar-refractivity contribution in [3.63, 3.8) is 0 Å². The Morgan fingerprint density at radius 2 is 1.08 bits per heavy atom. The molecule has 0 aromatic heterocycles. The second-order valence-corrected chi connectivity index (χ2v) is 10.2. The lowest BCUT2D eigenvalue weighted by molar-refractivity contribution is 0.647. The summed E-state index contributed by atoms with van der Waals surface area (Å²) in [6.07, 6.45) is 2.16. The summed E-state index contributed by atoms with van der Waals surface area (Å²) in [6.45, 7) is 4.58. The molecule has 1 aliphatic rings. The molecule has 5 aromatic carbocycles. The van der Waals surface area contributed by atoms with E-state index >= 15 is 0 Å². The van der Waals surface area contributed by atoms with Crippen molar-refractivity contribution in [3.8, 4) is 22.3 Å². The van der Waals surface area contributed by atoms with Gasteiger partial charge < -0.3 is 4.90 Å². The van der Waals surface area contributed by atoms with Gasteiger partial charge in [0.1, 0.15) is 0 Å². The molecule has 0 N–H and O–H groups in total. The monoisotopic (exact) mass is 465 g/mol. The Balaban J connectivity index is 1.34.